The molecule has 1 N–H and O–H groups in total. The van der Waals surface area contributed by atoms with Crippen LogP contribution in [-0.2, 0) is 11.2 Å². The van der Waals surface area contributed by atoms with Gasteiger partial charge in [-0.3, -0.25) is 4.79 Å². The van der Waals surface area contributed by atoms with Crippen LogP contribution in [0.25, 0.3) is 0 Å². The molecule has 1 amide bonds. The zero-order chi connectivity index (χ0) is 18.0. The van der Waals surface area contributed by atoms with Gasteiger partial charge in [0.1, 0.15) is 5.76 Å². The number of piperidine rings is 1. The van der Waals surface area contributed by atoms with E-state index in [9.17, 15) is 4.79 Å². The van der Waals surface area contributed by atoms with Gasteiger partial charge in [-0.15, -0.1) is 0 Å². The van der Waals surface area contributed by atoms with Crippen molar-refractivity contribution in [3.63, 3.8) is 0 Å². The number of halogens is 1. The lowest BCUT2D eigenvalue weighted by Gasteiger charge is -2.34. The van der Waals surface area contributed by atoms with E-state index in [0.29, 0.717) is 16.7 Å². The van der Waals surface area contributed by atoms with Crippen molar-refractivity contribution >= 4 is 28.9 Å². The fourth-order valence-corrected chi connectivity index (χ4v) is 3.57. The van der Waals surface area contributed by atoms with E-state index in [4.69, 9.17) is 16.1 Å². The van der Waals surface area contributed by atoms with Gasteiger partial charge in [0.2, 0.25) is 5.91 Å². The number of aryl methyl sites for hydroxylation is 2. The average Bonchev–Trinajstić information content (AvgIpc) is 2.87. The summed E-state index contributed by atoms with van der Waals surface area (Å²) in [7, 11) is 0. The Morgan fingerprint density at radius 3 is 2.92 bits per heavy atom. The maximum Gasteiger partial charge on any atom is 0.229 e. The van der Waals surface area contributed by atoms with Crippen LogP contribution in [0, 0.1) is 19.8 Å². The lowest BCUT2D eigenvalue weighted by molar-refractivity contribution is -0.115. The predicted octanol–water partition coefficient (Wildman–Crippen LogP) is 4.36. The van der Waals surface area contributed by atoms with Crippen LogP contribution in [0.4, 0.5) is 11.4 Å². The molecule has 1 aliphatic heterocycles. The van der Waals surface area contributed by atoms with E-state index in [1.54, 1.807) is 0 Å². The molecule has 6 heteroatoms. The highest BCUT2D eigenvalue weighted by Gasteiger charge is 2.21. The summed E-state index contributed by atoms with van der Waals surface area (Å²) in [5.74, 6) is 1.24. The van der Waals surface area contributed by atoms with Crippen LogP contribution in [0.1, 0.15) is 36.8 Å². The third-order valence-corrected chi connectivity index (χ3v) is 4.98. The van der Waals surface area contributed by atoms with E-state index >= 15 is 0 Å². The fourth-order valence-electron chi connectivity index (χ4n) is 3.40. The number of aromatic nitrogens is 1. The van der Waals surface area contributed by atoms with Gasteiger partial charge < -0.3 is 14.7 Å². The summed E-state index contributed by atoms with van der Waals surface area (Å²) in [5, 5.41) is 7.54. The summed E-state index contributed by atoms with van der Waals surface area (Å²) in [4.78, 5) is 14.9. The van der Waals surface area contributed by atoms with Gasteiger partial charge in [0.15, 0.2) is 0 Å². The molecule has 1 atom stereocenters. The number of nitrogens with zero attached hydrogens (tertiary/aromatic N) is 2. The molecule has 0 saturated carbocycles. The van der Waals surface area contributed by atoms with Crippen molar-refractivity contribution in [1.29, 1.82) is 0 Å². The maximum atomic E-state index is 12.6. The Balaban J connectivity index is 1.79. The van der Waals surface area contributed by atoms with Crippen LogP contribution >= 0.6 is 11.6 Å². The number of carbonyl (C=O) groups excluding carboxylic acids is 1. The molecule has 1 aliphatic rings. The number of nitrogens with one attached hydrogen (secondary N) is 1. The number of rotatable bonds is 4. The van der Waals surface area contributed by atoms with E-state index < -0.39 is 0 Å². The largest absolute Gasteiger partial charge is 0.370 e. The number of hydrogen-bond acceptors (Lipinski definition) is 4. The molecular weight excluding hydrogens is 338 g/mol. The first-order chi connectivity index (χ1) is 11.9. The van der Waals surface area contributed by atoms with Crippen molar-refractivity contribution in [3.05, 3.63) is 40.2 Å². The molecular formula is C19H24ClN3O2. The summed E-state index contributed by atoms with van der Waals surface area (Å²) >= 11 is 6.17. The Labute approximate surface area is 153 Å². The molecule has 0 spiro atoms. The number of amides is 1. The van der Waals surface area contributed by atoms with Crippen LogP contribution in [0.15, 0.2) is 22.7 Å². The van der Waals surface area contributed by atoms with Gasteiger partial charge in [-0.05, 0) is 50.8 Å². The lowest BCUT2D eigenvalue weighted by Crippen LogP contribution is -2.35. The first-order valence-corrected chi connectivity index (χ1v) is 9.08. The van der Waals surface area contributed by atoms with Gasteiger partial charge in [-0.1, -0.05) is 23.7 Å². The monoisotopic (exact) mass is 361 g/mol. The Bertz CT molecular complexity index is 753. The average molecular weight is 362 g/mol. The first kappa shape index (κ1) is 17.8. The molecule has 1 fully saturated rings. The second-order valence-corrected chi connectivity index (χ2v) is 7.32. The minimum Gasteiger partial charge on any atom is -0.370 e. The molecule has 1 unspecified atom stereocenters. The van der Waals surface area contributed by atoms with Crippen molar-refractivity contribution in [2.75, 3.05) is 23.3 Å². The normalized spacial score (nSPS) is 17.6. The summed E-state index contributed by atoms with van der Waals surface area (Å²) < 4.78 is 5.14. The quantitative estimate of drug-likeness (QED) is 0.878. The van der Waals surface area contributed by atoms with E-state index in [2.05, 4.69) is 22.3 Å². The molecule has 2 heterocycles. The molecule has 0 radical (unpaired) electrons. The van der Waals surface area contributed by atoms with Gasteiger partial charge in [0.25, 0.3) is 0 Å². The smallest absolute Gasteiger partial charge is 0.229 e. The number of benzene rings is 1. The minimum atomic E-state index is -0.0945. The standard InChI is InChI=1S/C19H24ClN3O2/c1-12-5-4-8-23(11-12)18-7-6-15(20)9-17(18)21-19(24)10-16-13(2)22-25-14(16)3/h6-7,9,12H,4-5,8,10-11H2,1-3H3,(H,21,24). The molecule has 1 aromatic heterocycles. The van der Waals surface area contributed by atoms with E-state index in [1.807, 2.05) is 32.0 Å². The molecule has 134 valence electrons. The van der Waals surface area contributed by atoms with Crippen LogP contribution in [0.2, 0.25) is 5.02 Å². The van der Waals surface area contributed by atoms with E-state index in [1.165, 1.54) is 6.42 Å². The molecule has 0 bridgehead atoms. The summed E-state index contributed by atoms with van der Waals surface area (Å²) in [6, 6.07) is 5.69. The van der Waals surface area contributed by atoms with E-state index in [-0.39, 0.29) is 12.3 Å². The van der Waals surface area contributed by atoms with Crippen molar-refractivity contribution in [2.24, 2.45) is 5.92 Å². The zero-order valence-corrected chi connectivity index (χ0v) is 15.7. The number of hydrogen-bond donors (Lipinski definition) is 1. The third-order valence-electron chi connectivity index (χ3n) is 4.75. The van der Waals surface area contributed by atoms with Crippen molar-refractivity contribution in [2.45, 2.75) is 40.0 Å². The highest BCUT2D eigenvalue weighted by molar-refractivity contribution is 6.31. The van der Waals surface area contributed by atoms with Crippen LogP contribution in [0.3, 0.4) is 0 Å². The summed E-state index contributed by atoms with van der Waals surface area (Å²) in [6.07, 6.45) is 2.65. The molecule has 3 rings (SSSR count). The fraction of sp³-hybridized carbons (Fsp3) is 0.474. The number of carbonyl (C=O) groups is 1. The maximum absolute atomic E-state index is 12.6. The highest BCUT2D eigenvalue weighted by atomic mass is 35.5. The van der Waals surface area contributed by atoms with Crippen LogP contribution in [0.5, 0.6) is 0 Å². The summed E-state index contributed by atoms with van der Waals surface area (Å²) in [5.41, 5.74) is 3.39. The Morgan fingerprint density at radius 1 is 1.44 bits per heavy atom. The SMILES string of the molecule is Cc1noc(C)c1CC(=O)Nc1cc(Cl)ccc1N1CCCC(C)C1. The molecule has 1 saturated heterocycles. The Kier molecular flexibility index (Phi) is 5.33. The summed E-state index contributed by atoms with van der Waals surface area (Å²) in [6.45, 7) is 7.92. The van der Waals surface area contributed by atoms with Gasteiger partial charge in [-0.25, -0.2) is 0 Å². The van der Waals surface area contributed by atoms with Gasteiger partial charge in [-0.2, -0.15) is 0 Å². The Morgan fingerprint density at radius 2 is 2.24 bits per heavy atom. The van der Waals surface area contributed by atoms with Crippen molar-refractivity contribution in [1.82, 2.24) is 5.16 Å². The second-order valence-electron chi connectivity index (χ2n) is 6.88. The van der Waals surface area contributed by atoms with Crippen molar-refractivity contribution in [3.8, 4) is 0 Å². The molecule has 5 nitrogen and oxygen atoms in total. The predicted molar refractivity (Wildman–Crippen MR) is 100 cm³/mol. The molecule has 1 aromatic carbocycles. The number of anilines is 2. The van der Waals surface area contributed by atoms with Crippen molar-refractivity contribution < 1.29 is 9.32 Å². The van der Waals surface area contributed by atoms with Crippen LogP contribution in [-0.4, -0.2) is 24.2 Å². The van der Waals surface area contributed by atoms with E-state index in [0.717, 1.165) is 42.1 Å². The second kappa shape index (κ2) is 7.48. The molecule has 25 heavy (non-hydrogen) atoms. The molecule has 2 aromatic rings. The topological polar surface area (TPSA) is 58.4 Å². The van der Waals surface area contributed by atoms with Gasteiger partial charge >= 0.3 is 0 Å². The zero-order valence-electron chi connectivity index (χ0n) is 14.9. The van der Waals surface area contributed by atoms with Gasteiger partial charge in [0.05, 0.1) is 23.5 Å². The lowest BCUT2D eigenvalue weighted by atomic mass is 9.99. The first-order valence-electron chi connectivity index (χ1n) is 8.70. The van der Waals surface area contributed by atoms with Gasteiger partial charge in [0, 0.05) is 23.7 Å². The minimum absolute atomic E-state index is 0.0945. The highest BCUT2D eigenvalue weighted by Crippen LogP contribution is 2.32. The Hall–Kier alpha value is -2.01. The van der Waals surface area contributed by atoms with Crippen LogP contribution < -0.4 is 10.2 Å². The third kappa shape index (κ3) is 4.15. The molecule has 0 aliphatic carbocycles.